The molecule has 19 heavy (non-hydrogen) atoms. The second kappa shape index (κ2) is 6.33. The predicted molar refractivity (Wildman–Crippen MR) is 72.0 cm³/mol. The summed E-state index contributed by atoms with van der Waals surface area (Å²) in [6.45, 7) is 3.89. The van der Waals surface area contributed by atoms with Crippen molar-refractivity contribution in [3.63, 3.8) is 0 Å². The average Bonchev–Trinajstić information content (AvgIpc) is 2.39. The molecular weight excluding hydrogens is 248 g/mol. The number of piperidine rings is 1. The Kier molecular flexibility index (Phi) is 4.75. The van der Waals surface area contributed by atoms with Gasteiger partial charge in [-0.15, -0.1) is 0 Å². The lowest BCUT2D eigenvalue weighted by Crippen LogP contribution is -2.28. The molecule has 0 bridgehead atoms. The molecule has 0 atom stereocenters. The molecule has 2 rings (SSSR count). The molecule has 0 aliphatic carbocycles. The highest BCUT2D eigenvalue weighted by molar-refractivity contribution is 5.45. The molecule has 1 N–H and O–H groups in total. The van der Waals surface area contributed by atoms with Crippen molar-refractivity contribution < 1.29 is 13.5 Å². The smallest absolute Gasteiger partial charge is 0.267 e. The van der Waals surface area contributed by atoms with Gasteiger partial charge in [-0.25, -0.2) is 8.78 Å². The minimum absolute atomic E-state index is 0.0198. The zero-order valence-corrected chi connectivity index (χ0v) is 11.5. The van der Waals surface area contributed by atoms with Gasteiger partial charge in [-0.2, -0.15) is 0 Å². The third-order valence-corrected chi connectivity index (χ3v) is 3.75. The normalized spacial score (nSPS) is 16.9. The van der Waals surface area contributed by atoms with E-state index in [9.17, 15) is 8.78 Å². The lowest BCUT2D eigenvalue weighted by Gasteiger charge is -2.24. The Hall–Kier alpha value is -1.16. The van der Waals surface area contributed by atoms with Crippen LogP contribution >= 0.6 is 0 Å². The van der Waals surface area contributed by atoms with E-state index in [0.29, 0.717) is 11.7 Å². The number of nitrogens with one attached hydrogen (secondary N) is 1. The lowest BCUT2D eigenvalue weighted by atomic mass is 9.89. The van der Waals surface area contributed by atoms with Crippen LogP contribution in [-0.2, 0) is 6.42 Å². The van der Waals surface area contributed by atoms with Gasteiger partial charge < -0.3 is 10.1 Å². The van der Waals surface area contributed by atoms with Gasteiger partial charge in [0.2, 0.25) is 0 Å². The lowest BCUT2D eigenvalue weighted by molar-refractivity contribution is 0.146. The molecule has 1 fully saturated rings. The largest absolute Gasteiger partial charge is 0.496 e. The molecule has 1 aliphatic heterocycles. The second-order valence-electron chi connectivity index (χ2n) is 5.24. The molecule has 2 nitrogen and oxygen atoms in total. The Morgan fingerprint density at radius 3 is 2.58 bits per heavy atom. The van der Waals surface area contributed by atoms with Crippen LogP contribution in [0.15, 0.2) is 12.1 Å². The Labute approximate surface area is 113 Å². The number of ether oxygens (including phenoxy) is 1. The molecule has 1 saturated heterocycles. The number of aryl methyl sites for hydroxylation is 1. The first-order valence-corrected chi connectivity index (χ1v) is 6.78. The Balaban J connectivity index is 2.27. The predicted octanol–water partition coefficient (Wildman–Crippen LogP) is 3.48. The minimum atomic E-state index is -2.48. The van der Waals surface area contributed by atoms with Crippen LogP contribution in [0.25, 0.3) is 0 Å². The van der Waals surface area contributed by atoms with E-state index in [0.717, 1.165) is 43.5 Å². The number of hydrogen-bond acceptors (Lipinski definition) is 2. The van der Waals surface area contributed by atoms with Gasteiger partial charge in [-0.05, 0) is 56.8 Å². The van der Waals surface area contributed by atoms with Gasteiger partial charge in [0.25, 0.3) is 6.43 Å². The highest BCUT2D eigenvalue weighted by atomic mass is 19.3. The first-order chi connectivity index (χ1) is 9.11. The van der Waals surface area contributed by atoms with E-state index in [2.05, 4.69) is 5.32 Å². The van der Waals surface area contributed by atoms with Crippen molar-refractivity contribution in [2.45, 2.75) is 32.6 Å². The van der Waals surface area contributed by atoms with Crippen LogP contribution in [0.5, 0.6) is 5.75 Å². The molecule has 0 aromatic heterocycles. The summed E-state index contributed by atoms with van der Waals surface area (Å²) in [6.07, 6.45) is 0.538. The van der Waals surface area contributed by atoms with E-state index >= 15 is 0 Å². The summed E-state index contributed by atoms with van der Waals surface area (Å²) < 4.78 is 31.4. The summed E-state index contributed by atoms with van der Waals surface area (Å²) in [6, 6.07) is 3.50. The monoisotopic (exact) mass is 269 g/mol. The van der Waals surface area contributed by atoms with Gasteiger partial charge in [0.05, 0.1) is 12.7 Å². The fraction of sp³-hybridized carbons (Fsp3) is 0.600. The maximum absolute atomic E-state index is 13.1. The van der Waals surface area contributed by atoms with Crippen molar-refractivity contribution >= 4 is 0 Å². The quantitative estimate of drug-likeness (QED) is 0.903. The molecule has 106 valence electrons. The van der Waals surface area contributed by atoms with Crippen molar-refractivity contribution in [2.75, 3.05) is 20.2 Å². The highest BCUT2D eigenvalue weighted by Crippen LogP contribution is 2.35. The molecule has 1 heterocycles. The number of benzene rings is 1. The van der Waals surface area contributed by atoms with Gasteiger partial charge in [0.1, 0.15) is 5.75 Å². The molecular formula is C15H21F2NO. The first-order valence-electron chi connectivity index (χ1n) is 6.78. The number of alkyl halides is 2. The van der Waals surface area contributed by atoms with Crippen LogP contribution in [0.3, 0.4) is 0 Å². The fourth-order valence-corrected chi connectivity index (χ4v) is 2.84. The Morgan fingerprint density at radius 2 is 2.00 bits per heavy atom. The molecule has 1 aliphatic rings. The molecule has 1 aromatic rings. The van der Waals surface area contributed by atoms with Gasteiger partial charge in [0, 0.05) is 0 Å². The van der Waals surface area contributed by atoms with E-state index in [-0.39, 0.29) is 5.56 Å². The standard InChI is InChI=1S/C15H21F2NO/c1-10-7-12(9-11-3-5-18-6-4-11)14(19-2)13(8-10)15(16)17/h7-8,11,15,18H,3-6,9H2,1-2H3. The van der Waals surface area contributed by atoms with Gasteiger partial charge in [0.15, 0.2) is 0 Å². The Bertz CT molecular complexity index is 428. The summed E-state index contributed by atoms with van der Waals surface area (Å²) >= 11 is 0. The van der Waals surface area contributed by atoms with Crippen molar-refractivity contribution in [1.29, 1.82) is 0 Å². The highest BCUT2D eigenvalue weighted by Gasteiger charge is 2.21. The van der Waals surface area contributed by atoms with E-state index in [1.54, 1.807) is 0 Å². The molecule has 0 radical (unpaired) electrons. The number of halogens is 2. The van der Waals surface area contributed by atoms with Crippen LogP contribution in [0.2, 0.25) is 0 Å². The van der Waals surface area contributed by atoms with Crippen LogP contribution in [-0.4, -0.2) is 20.2 Å². The summed E-state index contributed by atoms with van der Waals surface area (Å²) in [4.78, 5) is 0. The maximum atomic E-state index is 13.1. The van der Waals surface area contributed by atoms with Crippen molar-refractivity contribution in [3.8, 4) is 5.75 Å². The molecule has 1 aromatic carbocycles. The number of methoxy groups -OCH3 is 1. The van der Waals surface area contributed by atoms with E-state index in [1.165, 1.54) is 13.2 Å². The maximum Gasteiger partial charge on any atom is 0.267 e. The minimum Gasteiger partial charge on any atom is -0.496 e. The van der Waals surface area contributed by atoms with E-state index in [4.69, 9.17) is 4.74 Å². The topological polar surface area (TPSA) is 21.3 Å². The van der Waals surface area contributed by atoms with Crippen LogP contribution in [0, 0.1) is 12.8 Å². The van der Waals surface area contributed by atoms with Crippen LogP contribution in [0.4, 0.5) is 8.78 Å². The first kappa shape index (κ1) is 14.3. The van der Waals surface area contributed by atoms with E-state index < -0.39 is 6.43 Å². The van der Waals surface area contributed by atoms with Crippen molar-refractivity contribution in [1.82, 2.24) is 5.32 Å². The summed E-state index contributed by atoms with van der Waals surface area (Å²) in [7, 11) is 1.47. The second-order valence-corrected chi connectivity index (χ2v) is 5.24. The van der Waals surface area contributed by atoms with Crippen molar-refractivity contribution in [2.24, 2.45) is 5.92 Å². The molecule has 0 saturated carbocycles. The summed E-state index contributed by atoms with van der Waals surface area (Å²) in [5, 5.41) is 3.32. The zero-order chi connectivity index (χ0) is 13.8. The van der Waals surface area contributed by atoms with Gasteiger partial charge in [-0.1, -0.05) is 11.6 Å². The molecule has 4 heteroatoms. The van der Waals surface area contributed by atoms with Crippen molar-refractivity contribution in [3.05, 3.63) is 28.8 Å². The fourth-order valence-electron chi connectivity index (χ4n) is 2.84. The third kappa shape index (κ3) is 3.44. The van der Waals surface area contributed by atoms with Crippen LogP contribution in [0.1, 0.15) is 36.0 Å². The van der Waals surface area contributed by atoms with Gasteiger partial charge >= 0.3 is 0 Å². The van der Waals surface area contributed by atoms with Crippen LogP contribution < -0.4 is 10.1 Å². The number of hydrogen-bond donors (Lipinski definition) is 1. The summed E-state index contributed by atoms with van der Waals surface area (Å²) in [5.41, 5.74) is 1.82. The molecule has 0 spiro atoms. The van der Waals surface area contributed by atoms with Gasteiger partial charge in [-0.3, -0.25) is 0 Å². The number of rotatable bonds is 4. The molecule has 0 amide bonds. The zero-order valence-electron chi connectivity index (χ0n) is 11.5. The Morgan fingerprint density at radius 1 is 1.32 bits per heavy atom. The average molecular weight is 269 g/mol. The molecule has 0 unspecified atom stereocenters. The SMILES string of the molecule is COc1c(CC2CCNCC2)cc(C)cc1C(F)F. The van der Waals surface area contributed by atoms with E-state index in [1.807, 2.05) is 13.0 Å². The third-order valence-electron chi connectivity index (χ3n) is 3.75. The summed E-state index contributed by atoms with van der Waals surface area (Å²) in [5.74, 6) is 0.932.